The van der Waals surface area contributed by atoms with Gasteiger partial charge in [0.1, 0.15) is 11.8 Å². The fraction of sp³-hybridized carbons (Fsp3) is 0.286. The lowest BCUT2D eigenvalue weighted by atomic mass is 10.2. The molecule has 158 valence electrons. The van der Waals surface area contributed by atoms with Crippen LogP contribution in [0.3, 0.4) is 0 Å². The number of hydrogen-bond acceptors (Lipinski definition) is 4. The first kappa shape index (κ1) is 21.4. The van der Waals surface area contributed by atoms with Crippen LogP contribution in [-0.2, 0) is 17.5 Å². The van der Waals surface area contributed by atoms with Gasteiger partial charge in [0.15, 0.2) is 0 Å². The molecule has 2 aromatic carbocycles. The molecule has 30 heavy (non-hydrogen) atoms. The number of carbonyl (C=O) groups is 1. The van der Waals surface area contributed by atoms with Crippen molar-refractivity contribution in [3.8, 4) is 5.75 Å². The van der Waals surface area contributed by atoms with Crippen LogP contribution < -0.4 is 15.6 Å². The molecule has 0 saturated carbocycles. The minimum Gasteiger partial charge on any atom is -0.494 e. The SMILES string of the molecule is CCOc1ccccc1CNC(=O)[C@H](C)n1c(=O)c(C(F)(F)F)nc2ccccc21. The minimum atomic E-state index is -4.94. The molecule has 0 bridgehead atoms. The Hall–Kier alpha value is -3.36. The van der Waals surface area contributed by atoms with Crippen LogP contribution in [0.2, 0.25) is 0 Å². The monoisotopic (exact) mass is 419 g/mol. The first-order valence-electron chi connectivity index (χ1n) is 9.31. The van der Waals surface area contributed by atoms with Crippen molar-refractivity contribution in [2.75, 3.05) is 6.61 Å². The van der Waals surface area contributed by atoms with Crippen molar-refractivity contribution in [2.24, 2.45) is 0 Å². The van der Waals surface area contributed by atoms with Crippen LogP contribution >= 0.6 is 0 Å². The molecule has 0 saturated heterocycles. The van der Waals surface area contributed by atoms with E-state index in [1.54, 1.807) is 30.3 Å². The maximum absolute atomic E-state index is 13.3. The molecule has 0 aliphatic heterocycles. The Labute approximate surface area is 170 Å². The molecule has 0 aliphatic carbocycles. The molecule has 0 aliphatic rings. The van der Waals surface area contributed by atoms with Gasteiger partial charge in [-0.1, -0.05) is 30.3 Å². The van der Waals surface area contributed by atoms with Crippen molar-refractivity contribution in [3.05, 3.63) is 70.1 Å². The number of nitrogens with zero attached hydrogens (tertiary/aromatic N) is 2. The van der Waals surface area contributed by atoms with Crippen LogP contribution in [-0.4, -0.2) is 22.1 Å². The van der Waals surface area contributed by atoms with E-state index in [4.69, 9.17) is 4.74 Å². The van der Waals surface area contributed by atoms with E-state index < -0.39 is 29.4 Å². The Morgan fingerprint density at radius 2 is 1.83 bits per heavy atom. The van der Waals surface area contributed by atoms with Crippen LogP contribution in [0.25, 0.3) is 11.0 Å². The summed E-state index contributed by atoms with van der Waals surface area (Å²) in [5.41, 5.74) is -2.08. The Morgan fingerprint density at radius 3 is 2.53 bits per heavy atom. The molecule has 0 spiro atoms. The van der Waals surface area contributed by atoms with Crippen LogP contribution in [0.4, 0.5) is 13.2 Å². The van der Waals surface area contributed by atoms with Gasteiger partial charge in [-0.15, -0.1) is 0 Å². The van der Waals surface area contributed by atoms with Crippen LogP contribution in [0.15, 0.2) is 53.3 Å². The summed E-state index contributed by atoms with van der Waals surface area (Å²) in [6.45, 7) is 3.75. The summed E-state index contributed by atoms with van der Waals surface area (Å²) in [6, 6.07) is 11.8. The topological polar surface area (TPSA) is 73.2 Å². The second kappa shape index (κ2) is 8.56. The van der Waals surface area contributed by atoms with Gasteiger partial charge in [0.2, 0.25) is 11.6 Å². The lowest BCUT2D eigenvalue weighted by Crippen LogP contribution is -2.39. The Bertz CT molecular complexity index is 1130. The standard InChI is InChI=1S/C21H20F3N3O3/c1-3-30-17-11-7-4-8-14(17)12-25-19(28)13(2)27-16-10-6-5-9-15(16)26-18(20(27)29)21(22,23)24/h4-11,13H,3,12H2,1-2H3,(H,25,28)/t13-/m0/s1. The molecule has 3 aromatic rings. The van der Waals surface area contributed by atoms with E-state index in [0.29, 0.717) is 17.9 Å². The molecular weight excluding hydrogens is 399 g/mol. The van der Waals surface area contributed by atoms with Crippen molar-refractivity contribution >= 4 is 16.9 Å². The second-order valence-electron chi connectivity index (χ2n) is 6.56. The molecule has 1 heterocycles. The molecule has 9 heteroatoms. The number of hydrogen-bond donors (Lipinski definition) is 1. The largest absolute Gasteiger partial charge is 0.494 e. The number of ether oxygens (including phenoxy) is 1. The number of para-hydroxylation sites is 3. The van der Waals surface area contributed by atoms with E-state index in [-0.39, 0.29) is 17.6 Å². The fourth-order valence-electron chi connectivity index (χ4n) is 3.12. The molecule has 6 nitrogen and oxygen atoms in total. The average Bonchev–Trinajstić information content (AvgIpc) is 2.71. The van der Waals surface area contributed by atoms with E-state index in [0.717, 1.165) is 4.57 Å². The highest BCUT2D eigenvalue weighted by Crippen LogP contribution is 2.27. The van der Waals surface area contributed by atoms with Crippen LogP contribution in [0.1, 0.15) is 31.1 Å². The summed E-state index contributed by atoms with van der Waals surface area (Å²) in [6.07, 6.45) is -4.94. The highest BCUT2D eigenvalue weighted by Gasteiger charge is 2.38. The molecule has 3 rings (SSSR count). The maximum Gasteiger partial charge on any atom is 0.438 e. The molecule has 1 amide bonds. The predicted molar refractivity (Wildman–Crippen MR) is 105 cm³/mol. The summed E-state index contributed by atoms with van der Waals surface area (Å²) in [5, 5.41) is 2.67. The van der Waals surface area contributed by atoms with Gasteiger partial charge in [-0.2, -0.15) is 13.2 Å². The lowest BCUT2D eigenvalue weighted by Gasteiger charge is -2.19. The number of fused-ring (bicyclic) bond motifs is 1. The van der Waals surface area contributed by atoms with Gasteiger partial charge in [0.05, 0.1) is 17.6 Å². The molecular formula is C21H20F3N3O3. The van der Waals surface area contributed by atoms with E-state index in [9.17, 15) is 22.8 Å². The molecule has 1 atom stereocenters. The number of alkyl halides is 3. The van der Waals surface area contributed by atoms with Gasteiger partial charge >= 0.3 is 6.18 Å². The summed E-state index contributed by atoms with van der Waals surface area (Å²) in [7, 11) is 0. The minimum absolute atomic E-state index is 0.0224. The van der Waals surface area contributed by atoms with Gasteiger partial charge in [0.25, 0.3) is 5.56 Å². The van der Waals surface area contributed by atoms with Gasteiger partial charge in [-0.25, -0.2) is 4.98 Å². The number of carbonyl (C=O) groups excluding carboxylic acids is 1. The van der Waals surface area contributed by atoms with Crippen molar-refractivity contribution in [1.82, 2.24) is 14.9 Å². The van der Waals surface area contributed by atoms with Gasteiger partial charge in [-0.05, 0) is 32.0 Å². The predicted octanol–water partition coefficient (Wildman–Crippen LogP) is 3.69. The third-order valence-corrected chi connectivity index (χ3v) is 4.56. The van der Waals surface area contributed by atoms with Gasteiger partial charge < -0.3 is 10.1 Å². The van der Waals surface area contributed by atoms with Gasteiger partial charge in [-0.3, -0.25) is 14.2 Å². The average molecular weight is 419 g/mol. The summed E-state index contributed by atoms with van der Waals surface area (Å²) >= 11 is 0. The zero-order valence-corrected chi connectivity index (χ0v) is 16.4. The van der Waals surface area contributed by atoms with E-state index >= 15 is 0 Å². The van der Waals surface area contributed by atoms with Crippen molar-refractivity contribution < 1.29 is 22.7 Å². The van der Waals surface area contributed by atoms with E-state index in [1.807, 2.05) is 6.92 Å². The van der Waals surface area contributed by atoms with Crippen molar-refractivity contribution in [1.29, 1.82) is 0 Å². The highest BCUT2D eigenvalue weighted by molar-refractivity contribution is 5.83. The Morgan fingerprint density at radius 1 is 1.17 bits per heavy atom. The summed E-state index contributed by atoms with van der Waals surface area (Å²) < 4.78 is 46.3. The Kier molecular flexibility index (Phi) is 6.09. The zero-order chi connectivity index (χ0) is 21.9. The summed E-state index contributed by atoms with van der Waals surface area (Å²) in [5.74, 6) is -0.00767. The highest BCUT2D eigenvalue weighted by atomic mass is 19.4. The number of amides is 1. The normalized spacial score (nSPS) is 12.6. The van der Waals surface area contributed by atoms with Crippen LogP contribution in [0.5, 0.6) is 5.75 Å². The quantitative estimate of drug-likeness (QED) is 0.662. The van der Waals surface area contributed by atoms with E-state index in [1.165, 1.54) is 25.1 Å². The molecule has 1 aromatic heterocycles. The second-order valence-corrected chi connectivity index (χ2v) is 6.56. The Balaban J connectivity index is 1.95. The van der Waals surface area contributed by atoms with Gasteiger partial charge in [0, 0.05) is 12.1 Å². The number of halogens is 3. The number of rotatable bonds is 6. The first-order chi connectivity index (χ1) is 14.2. The first-order valence-corrected chi connectivity index (χ1v) is 9.31. The van der Waals surface area contributed by atoms with Crippen molar-refractivity contribution in [2.45, 2.75) is 32.6 Å². The fourth-order valence-corrected chi connectivity index (χ4v) is 3.12. The van der Waals surface area contributed by atoms with Crippen molar-refractivity contribution in [3.63, 3.8) is 0 Å². The number of nitrogens with one attached hydrogen (secondary N) is 1. The third kappa shape index (κ3) is 4.29. The smallest absolute Gasteiger partial charge is 0.438 e. The number of benzene rings is 2. The van der Waals surface area contributed by atoms with E-state index in [2.05, 4.69) is 10.3 Å². The summed E-state index contributed by atoms with van der Waals surface area (Å²) in [4.78, 5) is 28.8. The number of aromatic nitrogens is 2. The maximum atomic E-state index is 13.3. The molecule has 1 N–H and O–H groups in total. The lowest BCUT2D eigenvalue weighted by molar-refractivity contribution is -0.142. The van der Waals surface area contributed by atoms with Crippen LogP contribution in [0, 0.1) is 0 Å². The molecule has 0 radical (unpaired) electrons. The zero-order valence-electron chi connectivity index (χ0n) is 16.4. The molecule has 0 unspecified atom stereocenters. The molecule has 0 fully saturated rings. The third-order valence-electron chi connectivity index (χ3n) is 4.56.